The maximum absolute atomic E-state index is 6.96. The summed E-state index contributed by atoms with van der Waals surface area (Å²) in [5, 5.41) is 1.29. The number of hydrogen-bond acceptors (Lipinski definition) is 3. The molecule has 3 aromatic rings. The molecule has 4 aliphatic rings. The number of benzene rings is 2. The van der Waals surface area contributed by atoms with E-state index in [9.17, 15) is 0 Å². The third-order valence-electron chi connectivity index (χ3n) is 9.23. The van der Waals surface area contributed by atoms with Gasteiger partial charge in [0.25, 0.3) is 0 Å². The van der Waals surface area contributed by atoms with Gasteiger partial charge in [0.15, 0.2) is 6.10 Å². The van der Waals surface area contributed by atoms with Crippen molar-refractivity contribution < 1.29 is 4.74 Å². The van der Waals surface area contributed by atoms with Crippen molar-refractivity contribution in [1.82, 2.24) is 9.88 Å². The first-order valence-electron chi connectivity index (χ1n) is 12.5. The first kappa shape index (κ1) is 24.8. The van der Waals surface area contributed by atoms with E-state index in [2.05, 4.69) is 106 Å². The smallest absolute Gasteiger partial charge is 0.151 e. The summed E-state index contributed by atoms with van der Waals surface area (Å²) in [5.41, 5.74) is 9.63. The highest BCUT2D eigenvalue weighted by molar-refractivity contribution is 15.0. The molecule has 2 aromatic carbocycles. The Labute approximate surface area is 227 Å². The van der Waals surface area contributed by atoms with Crippen LogP contribution in [0.2, 0.25) is 0 Å². The van der Waals surface area contributed by atoms with Gasteiger partial charge < -0.3 is 9.64 Å². The van der Waals surface area contributed by atoms with E-state index in [-0.39, 0.29) is 16.9 Å². The minimum atomic E-state index is 0.0286. The van der Waals surface area contributed by atoms with Crippen LogP contribution in [0.4, 0.5) is 0 Å². The van der Waals surface area contributed by atoms with Crippen LogP contribution in [-0.2, 0) is 18.3 Å². The molecule has 1 fully saturated rings. The standard InChI is InChI=1S/C27H28N2O.C2H6.I2/c1-15-9-10-17-13-21-26(3)14-19-16(2)18-7-5-6-8-20(18)28-23(19)25-27(26,11-12-29(21)4)22(17)24(15)30-25;2*1-2/h5-10,21,25H,11-14H2,1-4H3;1-2H3;/t21-,25+,26+,27+;;/m1../s1. The van der Waals surface area contributed by atoms with Gasteiger partial charge in [-0.3, -0.25) is 0 Å². The molecule has 0 radical (unpaired) electrons. The largest absolute Gasteiger partial charge is 0.483 e. The molecule has 0 saturated carbocycles. The van der Waals surface area contributed by atoms with Crippen molar-refractivity contribution in [2.75, 3.05) is 13.6 Å². The number of para-hydroxylation sites is 1. The molecule has 1 saturated heterocycles. The number of ether oxygens (including phenoxy) is 1. The molecular formula is C29H34I2N2O. The van der Waals surface area contributed by atoms with Gasteiger partial charge in [-0.25, -0.2) is 4.98 Å². The van der Waals surface area contributed by atoms with Gasteiger partial charge in [-0.05, 0) is 75.0 Å². The fourth-order valence-corrected chi connectivity index (χ4v) is 7.71. The van der Waals surface area contributed by atoms with Gasteiger partial charge in [-0.2, -0.15) is 0 Å². The van der Waals surface area contributed by atoms with Crippen LogP contribution in [-0.4, -0.2) is 29.5 Å². The molecule has 7 rings (SSSR count). The van der Waals surface area contributed by atoms with E-state index in [1.165, 1.54) is 38.9 Å². The van der Waals surface area contributed by atoms with Crippen molar-refractivity contribution in [1.29, 1.82) is 0 Å². The zero-order chi connectivity index (χ0) is 24.4. The van der Waals surface area contributed by atoms with Gasteiger partial charge in [-0.1, -0.05) is 51.1 Å². The fourth-order valence-electron chi connectivity index (χ4n) is 7.71. The van der Waals surface area contributed by atoms with Crippen LogP contribution in [0, 0.1) is 19.3 Å². The third-order valence-corrected chi connectivity index (χ3v) is 9.23. The van der Waals surface area contributed by atoms with Crippen LogP contribution in [0.3, 0.4) is 0 Å². The summed E-state index contributed by atoms with van der Waals surface area (Å²) in [5.74, 6) is 1.16. The topological polar surface area (TPSA) is 25.4 Å². The van der Waals surface area contributed by atoms with Crippen molar-refractivity contribution in [2.45, 2.75) is 71.4 Å². The lowest BCUT2D eigenvalue weighted by atomic mass is 9.44. The molecule has 2 aliphatic carbocycles. The first-order chi connectivity index (χ1) is 16.5. The summed E-state index contributed by atoms with van der Waals surface area (Å²) in [6.45, 7) is 12.2. The molecule has 2 aliphatic heterocycles. The fraction of sp³-hybridized carbons (Fsp3) is 0.483. The van der Waals surface area contributed by atoms with Crippen LogP contribution in [0.25, 0.3) is 10.9 Å². The van der Waals surface area contributed by atoms with Gasteiger partial charge in [0.1, 0.15) is 5.75 Å². The number of piperidine rings is 1. The second kappa shape index (κ2) is 8.87. The Morgan fingerprint density at radius 2 is 1.82 bits per heavy atom. The molecule has 0 N–H and O–H groups in total. The van der Waals surface area contributed by atoms with Crippen molar-refractivity contribution in [3.8, 4) is 5.75 Å². The Kier molecular flexibility index (Phi) is 6.46. The molecule has 3 heterocycles. The summed E-state index contributed by atoms with van der Waals surface area (Å²) in [7, 11) is 2.33. The predicted molar refractivity (Wildman–Crippen MR) is 159 cm³/mol. The highest BCUT2D eigenvalue weighted by atomic mass is 128. The van der Waals surface area contributed by atoms with Crippen LogP contribution in [0.1, 0.15) is 66.8 Å². The molecule has 0 unspecified atom stereocenters. The van der Waals surface area contributed by atoms with Gasteiger partial charge >= 0.3 is 0 Å². The highest BCUT2D eigenvalue weighted by Crippen LogP contribution is 2.71. The summed E-state index contributed by atoms with van der Waals surface area (Å²) in [6.07, 6.45) is 3.40. The Bertz CT molecular complexity index is 1270. The van der Waals surface area contributed by atoms with Gasteiger partial charge in [-0.15, -0.1) is 0 Å². The van der Waals surface area contributed by atoms with Crippen molar-refractivity contribution >= 4 is 48.1 Å². The lowest BCUT2D eigenvalue weighted by molar-refractivity contribution is -0.0910. The van der Waals surface area contributed by atoms with E-state index in [0.29, 0.717) is 6.04 Å². The summed E-state index contributed by atoms with van der Waals surface area (Å²) < 4.78 is 6.96. The average molecular weight is 680 g/mol. The lowest BCUT2D eigenvalue weighted by Gasteiger charge is -2.64. The second-order valence-electron chi connectivity index (χ2n) is 10.4. The van der Waals surface area contributed by atoms with Gasteiger partial charge in [0.05, 0.1) is 16.6 Å². The Morgan fingerprint density at radius 3 is 2.59 bits per heavy atom. The molecule has 34 heavy (non-hydrogen) atoms. The zero-order valence-corrected chi connectivity index (χ0v) is 25.3. The number of halogens is 2. The van der Waals surface area contributed by atoms with Crippen molar-refractivity contribution in [3.05, 3.63) is 69.9 Å². The summed E-state index contributed by atoms with van der Waals surface area (Å²) in [4.78, 5) is 7.90. The molecule has 180 valence electrons. The minimum absolute atomic E-state index is 0.0286. The number of aromatic nitrogens is 1. The average Bonchev–Trinajstić information content (AvgIpc) is 3.22. The second-order valence-corrected chi connectivity index (χ2v) is 10.4. The van der Waals surface area contributed by atoms with Gasteiger partial charge in [0, 0.05) is 59.6 Å². The molecular weight excluding hydrogens is 646 g/mol. The Balaban J connectivity index is 0.000000574. The number of nitrogens with zero attached hydrogens (tertiary/aromatic N) is 2. The zero-order valence-electron chi connectivity index (χ0n) is 21.0. The number of aryl methyl sites for hydroxylation is 2. The summed E-state index contributed by atoms with van der Waals surface area (Å²) >= 11 is 4.24. The Morgan fingerprint density at radius 1 is 1.09 bits per heavy atom. The summed E-state index contributed by atoms with van der Waals surface area (Å²) in [6, 6.07) is 13.8. The SMILES string of the molecule is CC.Cc1ccc2c3c1O[C@H]1c4nc5ccccc5c(C)c4C[C@@]4(C)[C@@H](C2)N(C)CC[C@]314.II. The van der Waals surface area contributed by atoms with Crippen LogP contribution < -0.4 is 4.74 Å². The maximum Gasteiger partial charge on any atom is 0.151 e. The predicted octanol–water partition coefficient (Wildman–Crippen LogP) is 7.84. The van der Waals surface area contributed by atoms with Crippen LogP contribution >= 0.6 is 37.2 Å². The van der Waals surface area contributed by atoms with Gasteiger partial charge in [0.2, 0.25) is 0 Å². The molecule has 3 nitrogen and oxygen atoms in total. The quantitative estimate of drug-likeness (QED) is 0.227. The number of pyridine rings is 1. The first-order valence-corrected chi connectivity index (χ1v) is 18.8. The Hall–Kier alpha value is -0.930. The van der Waals surface area contributed by atoms with Crippen molar-refractivity contribution in [2.24, 2.45) is 5.41 Å². The molecule has 1 aromatic heterocycles. The normalized spacial score (nSPS) is 29.6. The molecule has 5 heteroatoms. The number of hydrogen-bond donors (Lipinski definition) is 0. The molecule has 2 bridgehead atoms. The van der Waals surface area contributed by atoms with Crippen LogP contribution in [0.15, 0.2) is 36.4 Å². The van der Waals surface area contributed by atoms with Crippen molar-refractivity contribution in [3.63, 3.8) is 0 Å². The number of likely N-dealkylation sites (N-methyl/N-ethyl adjacent to an activating group) is 1. The van der Waals surface area contributed by atoms with E-state index in [4.69, 9.17) is 9.72 Å². The molecule has 0 amide bonds. The number of likely N-dealkylation sites (tertiary alicyclic amines) is 1. The van der Waals surface area contributed by atoms with E-state index in [0.717, 1.165) is 37.1 Å². The number of fused-ring (bicyclic) bond motifs is 3. The highest BCUT2D eigenvalue weighted by Gasteiger charge is 2.70. The van der Waals surface area contributed by atoms with E-state index in [1.807, 2.05) is 13.8 Å². The molecule has 1 spiro atoms. The van der Waals surface area contributed by atoms with E-state index in [1.54, 1.807) is 0 Å². The maximum atomic E-state index is 6.96. The van der Waals surface area contributed by atoms with E-state index >= 15 is 0 Å². The number of rotatable bonds is 0. The van der Waals surface area contributed by atoms with E-state index < -0.39 is 0 Å². The lowest BCUT2D eigenvalue weighted by Crippen LogP contribution is -2.68. The molecule has 4 atom stereocenters. The third kappa shape index (κ3) is 2.98. The monoisotopic (exact) mass is 680 g/mol. The van der Waals surface area contributed by atoms with Crippen LogP contribution in [0.5, 0.6) is 5.75 Å². The minimum Gasteiger partial charge on any atom is -0.483 e.